The molecule has 0 atom stereocenters. The second-order valence-corrected chi connectivity index (χ2v) is 4.95. The number of carbonyl (C=O) groups excluding carboxylic acids is 2. The van der Waals surface area contributed by atoms with Gasteiger partial charge >= 0.3 is 5.97 Å². The number of amides is 1. The Kier molecular flexibility index (Phi) is 5.14. The summed E-state index contributed by atoms with van der Waals surface area (Å²) in [5.41, 5.74) is 7.51. The first-order chi connectivity index (χ1) is 10.5. The summed E-state index contributed by atoms with van der Waals surface area (Å²) in [7, 11) is 1.29. The van der Waals surface area contributed by atoms with E-state index in [2.05, 4.69) is 10.1 Å². The van der Waals surface area contributed by atoms with Gasteiger partial charge in [-0.1, -0.05) is 23.7 Å². The number of halogens is 1. The third-order valence-corrected chi connectivity index (χ3v) is 3.39. The molecule has 0 saturated carbocycles. The van der Waals surface area contributed by atoms with Gasteiger partial charge in [-0.3, -0.25) is 4.79 Å². The molecule has 22 heavy (non-hydrogen) atoms. The molecule has 0 radical (unpaired) electrons. The molecule has 114 valence electrons. The molecule has 1 amide bonds. The smallest absolute Gasteiger partial charge is 0.337 e. The Morgan fingerprint density at radius 2 is 1.95 bits per heavy atom. The van der Waals surface area contributed by atoms with Crippen LogP contribution in [0.3, 0.4) is 0 Å². The molecule has 5 nitrogen and oxygen atoms in total. The molecule has 0 aliphatic heterocycles. The summed E-state index contributed by atoms with van der Waals surface area (Å²) in [6.07, 6.45) is 0. The molecule has 0 aliphatic carbocycles. The first-order valence-corrected chi connectivity index (χ1v) is 6.91. The molecular formula is C16H15ClN2O3. The van der Waals surface area contributed by atoms with Gasteiger partial charge in [0.15, 0.2) is 0 Å². The minimum atomic E-state index is -0.503. The van der Waals surface area contributed by atoms with Crippen molar-refractivity contribution in [1.82, 2.24) is 0 Å². The van der Waals surface area contributed by atoms with Crippen molar-refractivity contribution in [3.8, 4) is 0 Å². The van der Waals surface area contributed by atoms with Crippen molar-refractivity contribution >= 4 is 29.2 Å². The number of rotatable bonds is 4. The molecule has 0 aromatic heterocycles. The Morgan fingerprint density at radius 3 is 2.64 bits per heavy atom. The second kappa shape index (κ2) is 7.06. The van der Waals surface area contributed by atoms with Crippen molar-refractivity contribution in [3.63, 3.8) is 0 Å². The van der Waals surface area contributed by atoms with Gasteiger partial charge in [-0.25, -0.2) is 4.79 Å². The highest BCUT2D eigenvalue weighted by atomic mass is 35.5. The normalized spacial score (nSPS) is 10.1. The highest BCUT2D eigenvalue weighted by molar-refractivity contribution is 6.34. The maximum absolute atomic E-state index is 12.3. The topological polar surface area (TPSA) is 81.4 Å². The molecule has 0 bridgehead atoms. The number of benzene rings is 2. The van der Waals surface area contributed by atoms with Crippen LogP contribution in [0.15, 0.2) is 42.5 Å². The van der Waals surface area contributed by atoms with E-state index in [0.717, 1.165) is 5.56 Å². The Morgan fingerprint density at radius 1 is 1.18 bits per heavy atom. The molecular weight excluding hydrogens is 304 g/mol. The lowest BCUT2D eigenvalue weighted by molar-refractivity contribution is 0.0600. The number of carbonyl (C=O) groups is 2. The first kappa shape index (κ1) is 16.0. The Balaban J connectivity index is 2.25. The summed E-state index contributed by atoms with van der Waals surface area (Å²) < 4.78 is 4.64. The highest BCUT2D eigenvalue weighted by Crippen LogP contribution is 2.24. The van der Waals surface area contributed by atoms with Crippen LogP contribution in [0.1, 0.15) is 26.3 Å². The van der Waals surface area contributed by atoms with Crippen LogP contribution in [0.4, 0.5) is 5.69 Å². The van der Waals surface area contributed by atoms with E-state index >= 15 is 0 Å². The monoisotopic (exact) mass is 318 g/mol. The van der Waals surface area contributed by atoms with Crippen molar-refractivity contribution in [3.05, 3.63) is 64.2 Å². The van der Waals surface area contributed by atoms with E-state index in [9.17, 15) is 9.59 Å². The van der Waals surface area contributed by atoms with E-state index in [0.29, 0.717) is 28.4 Å². The van der Waals surface area contributed by atoms with E-state index in [1.54, 1.807) is 18.2 Å². The molecule has 0 fully saturated rings. The Bertz CT molecular complexity index is 716. The number of anilines is 1. The predicted octanol–water partition coefficient (Wildman–Crippen LogP) is 2.84. The molecule has 0 unspecified atom stereocenters. The van der Waals surface area contributed by atoms with Crippen LogP contribution in [0.25, 0.3) is 0 Å². The summed E-state index contributed by atoms with van der Waals surface area (Å²) in [5, 5.41) is 3.01. The largest absolute Gasteiger partial charge is 0.465 e. The van der Waals surface area contributed by atoms with Gasteiger partial charge in [0.1, 0.15) is 0 Å². The minimum absolute atomic E-state index is 0.304. The van der Waals surface area contributed by atoms with E-state index in [1.165, 1.54) is 25.3 Å². The molecule has 2 rings (SSSR count). The van der Waals surface area contributed by atoms with Gasteiger partial charge in [0, 0.05) is 12.1 Å². The summed E-state index contributed by atoms with van der Waals surface area (Å²) in [4.78, 5) is 23.8. The van der Waals surface area contributed by atoms with Crippen molar-refractivity contribution in [2.75, 3.05) is 12.4 Å². The molecule has 0 saturated heterocycles. The lowest BCUT2D eigenvalue weighted by Crippen LogP contribution is -2.13. The van der Waals surface area contributed by atoms with E-state index < -0.39 is 5.97 Å². The summed E-state index contributed by atoms with van der Waals surface area (Å²) in [6.45, 7) is 0.347. The molecule has 2 aromatic carbocycles. The fourth-order valence-electron chi connectivity index (χ4n) is 1.90. The average molecular weight is 319 g/mol. The summed E-state index contributed by atoms with van der Waals surface area (Å²) >= 11 is 6.05. The van der Waals surface area contributed by atoms with Gasteiger partial charge in [-0.05, 0) is 35.9 Å². The van der Waals surface area contributed by atoms with Gasteiger partial charge in [0.25, 0.3) is 5.91 Å². The number of nitrogens with two attached hydrogens (primary N) is 1. The van der Waals surface area contributed by atoms with Crippen LogP contribution in [0.2, 0.25) is 5.02 Å². The van der Waals surface area contributed by atoms with Crippen LogP contribution < -0.4 is 11.1 Å². The first-order valence-electron chi connectivity index (χ1n) is 6.53. The van der Waals surface area contributed by atoms with Crippen molar-refractivity contribution in [1.29, 1.82) is 0 Å². The SMILES string of the molecule is COC(=O)c1ccc(Cl)c(NC(=O)c2cccc(CN)c2)c1. The van der Waals surface area contributed by atoms with Gasteiger partial charge in [-0.15, -0.1) is 0 Å². The third kappa shape index (κ3) is 3.63. The molecule has 2 aromatic rings. The van der Waals surface area contributed by atoms with Crippen molar-refractivity contribution in [2.45, 2.75) is 6.54 Å². The quantitative estimate of drug-likeness (QED) is 0.849. The average Bonchev–Trinajstić information content (AvgIpc) is 2.56. The third-order valence-electron chi connectivity index (χ3n) is 3.06. The van der Waals surface area contributed by atoms with Crippen molar-refractivity contribution < 1.29 is 14.3 Å². The number of hydrogen-bond acceptors (Lipinski definition) is 4. The fraction of sp³-hybridized carbons (Fsp3) is 0.125. The molecule has 0 heterocycles. The standard InChI is InChI=1S/C16H15ClN2O3/c1-22-16(21)12-5-6-13(17)14(8-12)19-15(20)11-4-2-3-10(7-11)9-18/h2-8H,9,18H2,1H3,(H,19,20). The zero-order chi connectivity index (χ0) is 16.1. The zero-order valence-corrected chi connectivity index (χ0v) is 12.7. The van der Waals surface area contributed by atoms with E-state index in [4.69, 9.17) is 17.3 Å². The number of methoxy groups -OCH3 is 1. The maximum atomic E-state index is 12.3. The maximum Gasteiger partial charge on any atom is 0.337 e. The van der Waals surface area contributed by atoms with Gasteiger partial charge in [0.05, 0.1) is 23.4 Å². The van der Waals surface area contributed by atoms with Gasteiger partial charge in [0.2, 0.25) is 0 Å². The van der Waals surface area contributed by atoms with Crippen molar-refractivity contribution in [2.24, 2.45) is 5.73 Å². The van der Waals surface area contributed by atoms with Crippen LogP contribution in [0.5, 0.6) is 0 Å². The lowest BCUT2D eigenvalue weighted by atomic mass is 10.1. The highest BCUT2D eigenvalue weighted by Gasteiger charge is 2.12. The van der Waals surface area contributed by atoms with Gasteiger partial charge in [-0.2, -0.15) is 0 Å². The predicted molar refractivity (Wildman–Crippen MR) is 85.1 cm³/mol. The van der Waals surface area contributed by atoms with Gasteiger partial charge < -0.3 is 15.8 Å². The molecule has 0 spiro atoms. The molecule has 6 heteroatoms. The second-order valence-electron chi connectivity index (χ2n) is 4.54. The zero-order valence-electron chi connectivity index (χ0n) is 11.9. The number of nitrogens with one attached hydrogen (secondary N) is 1. The van der Waals surface area contributed by atoms with Crippen LogP contribution in [-0.4, -0.2) is 19.0 Å². The van der Waals surface area contributed by atoms with Crippen LogP contribution in [0, 0.1) is 0 Å². The minimum Gasteiger partial charge on any atom is -0.465 e. The molecule has 0 aliphatic rings. The number of esters is 1. The van der Waals surface area contributed by atoms with E-state index in [1.807, 2.05) is 6.07 Å². The Labute approximate surface area is 133 Å². The number of ether oxygens (including phenoxy) is 1. The van der Waals surface area contributed by atoms with Crippen LogP contribution in [-0.2, 0) is 11.3 Å². The van der Waals surface area contributed by atoms with E-state index in [-0.39, 0.29) is 5.91 Å². The lowest BCUT2D eigenvalue weighted by Gasteiger charge is -2.09. The molecule has 3 N–H and O–H groups in total. The summed E-state index contributed by atoms with van der Waals surface area (Å²) in [6, 6.07) is 11.5. The number of hydrogen-bond donors (Lipinski definition) is 2. The summed E-state index contributed by atoms with van der Waals surface area (Å²) in [5.74, 6) is -0.837. The fourth-order valence-corrected chi connectivity index (χ4v) is 2.06. The van der Waals surface area contributed by atoms with Crippen LogP contribution >= 0.6 is 11.6 Å². The Hall–Kier alpha value is -2.37.